The molecule has 0 bridgehead atoms. The molecule has 2 aromatic rings. The molecule has 0 heterocycles. The minimum absolute atomic E-state index is 0.0816. The maximum absolute atomic E-state index is 12.2. The van der Waals surface area contributed by atoms with E-state index in [0.29, 0.717) is 16.1 Å². The Labute approximate surface area is 151 Å². The Morgan fingerprint density at radius 3 is 2.36 bits per heavy atom. The highest BCUT2D eigenvalue weighted by Crippen LogP contribution is 2.26. The lowest BCUT2D eigenvalue weighted by atomic mass is 10.0. The standard InChI is InChI=1S/C19H20ClNO4/c1-3-25-19(24)16-12-15(8-9-17(16)20)13-4-6-14(7-5-13)18(23)21(2)10-11-22/h4-9,12,22H,3,10-11H2,1-2H3. The lowest BCUT2D eigenvalue weighted by Gasteiger charge is -2.15. The number of esters is 1. The van der Waals surface area contributed by atoms with Crippen LogP contribution in [0.1, 0.15) is 27.6 Å². The number of rotatable bonds is 6. The van der Waals surface area contributed by atoms with Gasteiger partial charge in [-0.3, -0.25) is 4.79 Å². The number of aliphatic hydroxyl groups is 1. The van der Waals surface area contributed by atoms with E-state index in [2.05, 4.69) is 0 Å². The molecule has 0 saturated heterocycles. The van der Waals surface area contributed by atoms with E-state index in [4.69, 9.17) is 21.4 Å². The van der Waals surface area contributed by atoms with Gasteiger partial charge in [0.1, 0.15) is 0 Å². The summed E-state index contributed by atoms with van der Waals surface area (Å²) in [6, 6.07) is 12.2. The van der Waals surface area contributed by atoms with Crippen molar-refractivity contribution in [3.05, 3.63) is 58.6 Å². The number of nitrogens with zero attached hydrogens (tertiary/aromatic N) is 1. The maximum atomic E-state index is 12.2. The predicted octanol–water partition coefficient (Wildman–Crippen LogP) is 3.25. The topological polar surface area (TPSA) is 66.8 Å². The molecule has 0 aliphatic heterocycles. The average Bonchev–Trinajstić information content (AvgIpc) is 2.62. The van der Waals surface area contributed by atoms with Gasteiger partial charge in [-0.2, -0.15) is 0 Å². The Morgan fingerprint density at radius 2 is 1.76 bits per heavy atom. The first-order valence-corrected chi connectivity index (χ1v) is 8.29. The SMILES string of the molecule is CCOC(=O)c1cc(-c2ccc(C(=O)N(C)CCO)cc2)ccc1Cl. The fourth-order valence-electron chi connectivity index (χ4n) is 2.35. The van der Waals surface area contributed by atoms with Crippen LogP contribution in [0.3, 0.4) is 0 Å². The van der Waals surface area contributed by atoms with Crippen LogP contribution in [0.4, 0.5) is 0 Å². The highest BCUT2D eigenvalue weighted by molar-refractivity contribution is 6.33. The molecule has 0 fully saturated rings. The molecule has 2 aromatic carbocycles. The number of carbonyl (C=O) groups excluding carboxylic acids is 2. The lowest BCUT2D eigenvalue weighted by molar-refractivity contribution is 0.0526. The number of likely N-dealkylation sites (N-methyl/N-ethyl adjacent to an activating group) is 1. The monoisotopic (exact) mass is 361 g/mol. The first-order valence-electron chi connectivity index (χ1n) is 7.91. The number of benzene rings is 2. The second-order valence-electron chi connectivity index (χ2n) is 5.44. The van der Waals surface area contributed by atoms with Crippen LogP contribution in [0.15, 0.2) is 42.5 Å². The molecule has 5 nitrogen and oxygen atoms in total. The van der Waals surface area contributed by atoms with Gasteiger partial charge in [0.25, 0.3) is 5.91 Å². The van der Waals surface area contributed by atoms with E-state index < -0.39 is 5.97 Å². The smallest absolute Gasteiger partial charge is 0.339 e. The zero-order valence-electron chi connectivity index (χ0n) is 14.2. The zero-order valence-corrected chi connectivity index (χ0v) is 14.9. The van der Waals surface area contributed by atoms with Crippen LogP contribution in [-0.2, 0) is 4.74 Å². The van der Waals surface area contributed by atoms with Crippen molar-refractivity contribution in [2.24, 2.45) is 0 Å². The number of aliphatic hydroxyl groups excluding tert-OH is 1. The van der Waals surface area contributed by atoms with Gasteiger partial charge >= 0.3 is 5.97 Å². The second kappa shape index (κ2) is 8.65. The summed E-state index contributed by atoms with van der Waals surface area (Å²) in [6.45, 7) is 2.21. The fraction of sp³-hybridized carbons (Fsp3) is 0.263. The first-order chi connectivity index (χ1) is 12.0. The Balaban J connectivity index is 2.26. The molecule has 132 valence electrons. The summed E-state index contributed by atoms with van der Waals surface area (Å²) in [5.74, 6) is -0.629. The molecule has 0 unspecified atom stereocenters. The minimum atomic E-state index is -0.466. The third-order valence-corrected chi connectivity index (χ3v) is 4.04. The van der Waals surface area contributed by atoms with Crippen LogP contribution < -0.4 is 0 Å². The van der Waals surface area contributed by atoms with Gasteiger partial charge < -0.3 is 14.7 Å². The van der Waals surface area contributed by atoms with Crippen molar-refractivity contribution in [2.45, 2.75) is 6.92 Å². The summed E-state index contributed by atoms with van der Waals surface area (Å²) >= 11 is 6.07. The maximum Gasteiger partial charge on any atom is 0.339 e. The van der Waals surface area contributed by atoms with Gasteiger partial charge in [-0.15, -0.1) is 0 Å². The quantitative estimate of drug-likeness (QED) is 0.802. The highest BCUT2D eigenvalue weighted by Gasteiger charge is 2.14. The zero-order chi connectivity index (χ0) is 18.4. The molecule has 2 rings (SSSR count). The summed E-state index contributed by atoms with van der Waals surface area (Å²) in [6.07, 6.45) is 0. The van der Waals surface area contributed by atoms with Gasteiger partial charge in [0, 0.05) is 19.2 Å². The predicted molar refractivity (Wildman–Crippen MR) is 96.9 cm³/mol. The molecular weight excluding hydrogens is 342 g/mol. The molecule has 0 saturated carbocycles. The second-order valence-corrected chi connectivity index (χ2v) is 5.85. The first kappa shape index (κ1) is 19.0. The largest absolute Gasteiger partial charge is 0.462 e. The summed E-state index contributed by atoms with van der Waals surface area (Å²) in [4.78, 5) is 25.6. The summed E-state index contributed by atoms with van der Waals surface area (Å²) in [5.41, 5.74) is 2.49. The van der Waals surface area contributed by atoms with Crippen molar-refractivity contribution in [3.8, 4) is 11.1 Å². The van der Waals surface area contributed by atoms with Gasteiger partial charge in [-0.25, -0.2) is 4.79 Å². The molecule has 1 N–H and O–H groups in total. The summed E-state index contributed by atoms with van der Waals surface area (Å²) < 4.78 is 5.01. The normalized spacial score (nSPS) is 10.4. The van der Waals surface area contributed by atoms with Gasteiger partial charge in [0.05, 0.1) is 23.8 Å². The van der Waals surface area contributed by atoms with Crippen LogP contribution in [0, 0.1) is 0 Å². The molecule has 0 radical (unpaired) electrons. The number of hydrogen-bond acceptors (Lipinski definition) is 4. The van der Waals surface area contributed by atoms with Crippen LogP contribution in [0.25, 0.3) is 11.1 Å². The summed E-state index contributed by atoms with van der Waals surface area (Å²) in [5, 5.41) is 9.25. The number of halogens is 1. The Morgan fingerprint density at radius 1 is 1.12 bits per heavy atom. The molecule has 6 heteroatoms. The highest BCUT2D eigenvalue weighted by atomic mass is 35.5. The number of carbonyl (C=O) groups is 2. The van der Waals surface area contributed by atoms with E-state index in [9.17, 15) is 9.59 Å². The van der Waals surface area contributed by atoms with Crippen molar-refractivity contribution in [2.75, 3.05) is 26.8 Å². The minimum Gasteiger partial charge on any atom is -0.462 e. The van der Waals surface area contributed by atoms with Crippen LogP contribution in [0.5, 0.6) is 0 Å². The van der Waals surface area contributed by atoms with Crippen LogP contribution in [-0.4, -0.2) is 48.7 Å². The molecule has 0 aliphatic rings. The Hall–Kier alpha value is -2.37. The van der Waals surface area contributed by atoms with E-state index in [1.54, 1.807) is 56.4 Å². The van der Waals surface area contributed by atoms with Crippen molar-refractivity contribution in [1.29, 1.82) is 0 Å². The number of hydrogen-bond donors (Lipinski definition) is 1. The van der Waals surface area contributed by atoms with Crippen molar-refractivity contribution < 1.29 is 19.4 Å². The Bertz CT molecular complexity index is 759. The van der Waals surface area contributed by atoms with E-state index >= 15 is 0 Å². The van der Waals surface area contributed by atoms with Gasteiger partial charge in [-0.1, -0.05) is 29.8 Å². The average molecular weight is 362 g/mol. The lowest BCUT2D eigenvalue weighted by Crippen LogP contribution is -2.29. The van der Waals surface area contributed by atoms with E-state index in [0.717, 1.165) is 11.1 Å². The van der Waals surface area contributed by atoms with Gasteiger partial charge in [0.15, 0.2) is 0 Å². The van der Waals surface area contributed by atoms with Gasteiger partial charge in [0.2, 0.25) is 0 Å². The molecular formula is C19H20ClNO4. The van der Waals surface area contributed by atoms with Crippen LogP contribution >= 0.6 is 11.6 Å². The van der Waals surface area contributed by atoms with Crippen molar-refractivity contribution in [1.82, 2.24) is 4.90 Å². The molecule has 25 heavy (non-hydrogen) atoms. The van der Waals surface area contributed by atoms with Crippen LogP contribution in [0.2, 0.25) is 5.02 Å². The van der Waals surface area contributed by atoms with E-state index in [1.807, 2.05) is 0 Å². The number of amides is 1. The summed E-state index contributed by atoms with van der Waals surface area (Å²) in [7, 11) is 1.64. The van der Waals surface area contributed by atoms with Crippen molar-refractivity contribution in [3.63, 3.8) is 0 Å². The number of ether oxygens (including phenoxy) is 1. The molecule has 0 aliphatic carbocycles. The van der Waals surface area contributed by atoms with Gasteiger partial charge in [-0.05, 0) is 42.3 Å². The molecule has 0 spiro atoms. The molecule has 0 atom stereocenters. The van der Waals surface area contributed by atoms with E-state index in [1.165, 1.54) is 4.90 Å². The fourth-order valence-corrected chi connectivity index (χ4v) is 2.54. The Kier molecular flexibility index (Phi) is 6.56. The van der Waals surface area contributed by atoms with Crippen molar-refractivity contribution >= 4 is 23.5 Å². The third kappa shape index (κ3) is 4.59. The third-order valence-electron chi connectivity index (χ3n) is 3.71. The molecule has 0 aromatic heterocycles. The molecule has 1 amide bonds. The van der Waals surface area contributed by atoms with E-state index in [-0.39, 0.29) is 25.7 Å².